The molecule has 0 saturated carbocycles. The zero-order valence-corrected chi connectivity index (χ0v) is 12.3. The molecule has 0 bridgehead atoms. The van der Waals surface area contributed by atoms with Crippen LogP contribution in [0, 0.1) is 5.92 Å². The van der Waals surface area contributed by atoms with Gasteiger partial charge in [0.25, 0.3) is 0 Å². The quantitative estimate of drug-likeness (QED) is 0.726. The second-order valence-corrected chi connectivity index (χ2v) is 6.00. The Kier molecular flexibility index (Phi) is 4.86. The highest BCUT2D eigenvalue weighted by Crippen LogP contribution is 2.24. The summed E-state index contributed by atoms with van der Waals surface area (Å²) in [6, 6.07) is 0.508. The maximum absolute atomic E-state index is 11.6. The van der Waals surface area contributed by atoms with E-state index in [9.17, 15) is 4.79 Å². The van der Waals surface area contributed by atoms with Gasteiger partial charge in [-0.05, 0) is 18.8 Å². The topological polar surface area (TPSA) is 23.6 Å². The molecule has 17 heavy (non-hydrogen) atoms. The highest BCUT2D eigenvalue weighted by molar-refractivity contribution is 9.09. The van der Waals surface area contributed by atoms with E-state index in [0.717, 1.165) is 43.7 Å². The summed E-state index contributed by atoms with van der Waals surface area (Å²) in [5, 5.41) is 1.10. The van der Waals surface area contributed by atoms with Crippen molar-refractivity contribution < 1.29 is 4.79 Å². The van der Waals surface area contributed by atoms with Crippen LogP contribution in [0.4, 0.5) is 0 Å². The minimum atomic E-state index is 0.375. The Morgan fingerprint density at radius 3 is 3.00 bits per heavy atom. The number of nitrogens with zero attached hydrogens (tertiary/aromatic N) is 2. The summed E-state index contributed by atoms with van der Waals surface area (Å²) in [5.41, 5.74) is 0. The molecule has 0 aromatic carbocycles. The number of halogens is 1. The molecule has 0 aromatic heterocycles. The Labute approximate surface area is 113 Å². The van der Waals surface area contributed by atoms with Crippen molar-refractivity contribution in [3.63, 3.8) is 0 Å². The molecule has 0 N–H and O–H groups in total. The lowest BCUT2D eigenvalue weighted by Crippen LogP contribution is -2.52. The van der Waals surface area contributed by atoms with Crippen LogP contribution in [0.25, 0.3) is 0 Å². The first-order chi connectivity index (χ1) is 8.24. The van der Waals surface area contributed by atoms with Crippen molar-refractivity contribution in [2.75, 3.05) is 31.5 Å². The van der Waals surface area contributed by atoms with E-state index in [2.05, 4.69) is 32.7 Å². The van der Waals surface area contributed by atoms with Crippen molar-refractivity contribution in [3.05, 3.63) is 0 Å². The molecule has 2 aliphatic rings. The van der Waals surface area contributed by atoms with E-state index in [1.165, 1.54) is 19.4 Å². The second kappa shape index (κ2) is 6.19. The Balaban J connectivity index is 1.82. The van der Waals surface area contributed by atoms with E-state index in [1.54, 1.807) is 0 Å². The standard InChI is InChI=1S/C13H23BrN2O/c1-2-3-11(8-14)9-15-6-7-16-12(10-15)4-5-13(16)17/h11-12H,2-10H2,1H3. The first-order valence-corrected chi connectivity index (χ1v) is 7.94. The minimum absolute atomic E-state index is 0.375. The fraction of sp³-hybridized carbons (Fsp3) is 0.923. The van der Waals surface area contributed by atoms with Crippen LogP contribution in [-0.4, -0.2) is 53.3 Å². The lowest BCUT2D eigenvalue weighted by molar-refractivity contribution is -0.130. The summed E-state index contributed by atoms with van der Waals surface area (Å²) in [5.74, 6) is 1.14. The van der Waals surface area contributed by atoms with Gasteiger partial charge < -0.3 is 4.90 Å². The van der Waals surface area contributed by atoms with Gasteiger partial charge in [0.15, 0.2) is 0 Å². The average molecular weight is 303 g/mol. The summed E-state index contributed by atoms with van der Waals surface area (Å²) in [6.07, 6.45) is 4.41. The third-order valence-electron chi connectivity index (χ3n) is 4.01. The van der Waals surface area contributed by atoms with Crippen molar-refractivity contribution in [2.24, 2.45) is 5.92 Å². The summed E-state index contributed by atoms with van der Waals surface area (Å²) in [4.78, 5) is 16.2. The number of piperazine rings is 1. The van der Waals surface area contributed by atoms with Gasteiger partial charge in [0, 0.05) is 44.0 Å². The zero-order chi connectivity index (χ0) is 12.3. The number of carbonyl (C=O) groups is 1. The number of carbonyl (C=O) groups excluding carboxylic acids is 1. The minimum Gasteiger partial charge on any atom is -0.337 e. The molecule has 0 aromatic rings. The Morgan fingerprint density at radius 2 is 2.29 bits per heavy atom. The molecule has 2 atom stereocenters. The van der Waals surface area contributed by atoms with E-state index in [4.69, 9.17) is 0 Å². The van der Waals surface area contributed by atoms with Crippen LogP contribution in [0.3, 0.4) is 0 Å². The van der Waals surface area contributed by atoms with Gasteiger partial charge in [0.05, 0.1) is 0 Å². The van der Waals surface area contributed by atoms with Crippen molar-refractivity contribution in [1.82, 2.24) is 9.80 Å². The molecule has 0 aliphatic carbocycles. The van der Waals surface area contributed by atoms with Gasteiger partial charge in [-0.1, -0.05) is 29.3 Å². The number of hydrogen-bond acceptors (Lipinski definition) is 2. The number of rotatable bonds is 5. The van der Waals surface area contributed by atoms with E-state index < -0.39 is 0 Å². The van der Waals surface area contributed by atoms with Crippen LogP contribution in [0.2, 0.25) is 0 Å². The Hall–Kier alpha value is -0.0900. The van der Waals surface area contributed by atoms with Crippen molar-refractivity contribution in [2.45, 2.75) is 38.6 Å². The van der Waals surface area contributed by atoms with Crippen LogP contribution in [0.1, 0.15) is 32.6 Å². The molecule has 98 valence electrons. The van der Waals surface area contributed by atoms with E-state index >= 15 is 0 Å². The fourth-order valence-electron chi connectivity index (χ4n) is 3.09. The highest BCUT2D eigenvalue weighted by atomic mass is 79.9. The molecule has 0 spiro atoms. The number of amides is 1. The first-order valence-electron chi connectivity index (χ1n) is 6.82. The van der Waals surface area contributed by atoms with Crippen LogP contribution in [-0.2, 0) is 4.79 Å². The molecule has 2 saturated heterocycles. The van der Waals surface area contributed by atoms with Gasteiger partial charge >= 0.3 is 0 Å². The third-order valence-corrected chi connectivity index (χ3v) is 4.93. The highest BCUT2D eigenvalue weighted by Gasteiger charge is 2.35. The second-order valence-electron chi connectivity index (χ2n) is 5.35. The summed E-state index contributed by atoms with van der Waals surface area (Å²) in [6.45, 7) is 6.56. The summed E-state index contributed by atoms with van der Waals surface area (Å²) >= 11 is 3.62. The SMILES string of the molecule is CCCC(CBr)CN1CCN2C(=O)CCC2C1. The molecule has 2 unspecified atom stereocenters. The number of alkyl halides is 1. The molecule has 4 heteroatoms. The van der Waals surface area contributed by atoms with Crippen molar-refractivity contribution >= 4 is 21.8 Å². The maximum Gasteiger partial charge on any atom is 0.222 e. The molecule has 3 nitrogen and oxygen atoms in total. The van der Waals surface area contributed by atoms with Crippen LogP contribution >= 0.6 is 15.9 Å². The summed E-state index contributed by atoms with van der Waals surface area (Å²) < 4.78 is 0. The van der Waals surface area contributed by atoms with Crippen molar-refractivity contribution in [1.29, 1.82) is 0 Å². The first kappa shape index (κ1) is 13.3. The van der Waals surface area contributed by atoms with E-state index in [0.29, 0.717) is 11.9 Å². The van der Waals surface area contributed by atoms with Gasteiger partial charge in [-0.25, -0.2) is 0 Å². The molecule has 2 aliphatic heterocycles. The predicted molar refractivity (Wildman–Crippen MR) is 73.4 cm³/mol. The predicted octanol–water partition coefficient (Wildman–Crippen LogP) is 2.10. The summed E-state index contributed by atoms with van der Waals surface area (Å²) in [7, 11) is 0. The lowest BCUT2D eigenvalue weighted by Gasteiger charge is -2.38. The van der Waals surface area contributed by atoms with Crippen molar-refractivity contribution in [3.8, 4) is 0 Å². The Bertz CT molecular complexity index is 272. The molecular formula is C13H23BrN2O. The molecule has 2 heterocycles. The number of hydrogen-bond donors (Lipinski definition) is 0. The van der Waals surface area contributed by atoms with Gasteiger partial charge in [-0.15, -0.1) is 0 Å². The molecule has 0 radical (unpaired) electrons. The van der Waals surface area contributed by atoms with E-state index in [-0.39, 0.29) is 0 Å². The fourth-order valence-corrected chi connectivity index (χ4v) is 3.61. The van der Waals surface area contributed by atoms with Gasteiger partial charge in [-0.3, -0.25) is 9.69 Å². The number of fused-ring (bicyclic) bond motifs is 1. The maximum atomic E-state index is 11.6. The molecule has 2 fully saturated rings. The van der Waals surface area contributed by atoms with E-state index in [1.807, 2.05) is 0 Å². The largest absolute Gasteiger partial charge is 0.337 e. The monoisotopic (exact) mass is 302 g/mol. The normalized spacial score (nSPS) is 27.3. The molecule has 1 amide bonds. The van der Waals surface area contributed by atoms with Crippen LogP contribution in [0.15, 0.2) is 0 Å². The van der Waals surface area contributed by atoms with Gasteiger partial charge in [0.2, 0.25) is 5.91 Å². The average Bonchev–Trinajstić information content (AvgIpc) is 2.70. The smallest absolute Gasteiger partial charge is 0.222 e. The van der Waals surface area contributed by atoms with Gasteiger partial charge in [0.1, 0.15) is 0 Å². The lowest BCUT2D eigenvalue weighted by atomic mass is 10.0. The van der Waals surface area contributed by atoms with Gasteiger partial charge in [-0.2, -0.15) is 0 Å². The van der Waals surface area contributed by atoms with Crippen LogP contribution < -0.4 is 0 Å². The Morgan fingerprint density at radius 1 is 1.47 bits per heavy atom. The molecular weight excluding hydrogens is 280 g/mol. The zero-order valence-electron chi connectivity index (χ0n) is 10.7. The third kappa shape index (κ3) is 3.22. The molecule has 2 rings (SSSR count). The van der Waals surface area contributed by atoms with Crippen LogP contribution in [0.5, 0.6) is 0 Å².